The Morgan fingerprint density at radius 3 is 2.62 bits per heavy atom. The molecule has 1 nitrogen and oxygen atoms in total. The van der Waals surface area contributed by atoms with Crippen molar-refractivity contribution in [3.8, 4) is 0 Å². The molecular weight excluding hydrogens is 311 g/mol. The molecule has 88 valence electrons. The quantitative estimate of drug-likeness (QED) is 0.523. The molecule has 0 amide bonds. The number of allylic oxidation sites excluding steroid dienone is 4. The summed E-state index contributed by atoms with van der Waals surface area (Å²) >= 11 is 2.54. The predicted molar refractivity (Wildman–Crippen MR) is 75.8 cm³/mol. The van der Waals surface area contributed by atoms with Gasteiger partial charge >= 0.3 is 0 Å². The minimum absolute atomic E-state index is 0.411. The molecule has 0 aromatic rings. The van der Waals surface area contributed by atoms with Gasteiger partial charge in [0.1, 0.15) is 5.78 Å². The summed E-state index contributed by atoms with van der Waals surface area (Å²) in [5, 5.41) is 0. The van der Waals surface area contributed by atoms with Crippen molar-refractivity contribution in [2.45, 2.75) is 43.5 Å². The molecule has 3 atom stereocenters. The van der Waals surface area contributed by atoms with Crippen LogP contribution in [-0.4, -0.2) is 9.71 Å². The standard InChI is InChI=1S/C14H19IO/c1-3-10-4-5-12(16)7-11(10)8-13-9(2)6-14(13)15/h3,8-9,13-14H,4-7H2,1-2H3/b10-3-,11-8-. The summed E-state index contributed by atoms with van der Waals surface area (Å²) in [6, 6.07) is 0. The van der Waals surface area contributed by atoms with Gasteiger partial charge in [-0.25, -0.2) is 0 Å². The number of hydrogen-bond donors (Lipinski definition) is 0. The first-order valence-electron chi connectivity index (χ1n) is 6.14. The summed E-state index contributed by atoms with van der Waals surface area (Å²) in [6.07, 6.45) is 8.26. The van der Waals surface area contributed by atoms with Crippen LogP contribution in [0.2, 0.25) is 0 Å². The molecule has 0 N–H and O–H groups in total. The van der Waals surface area contributed by atoms with Gasteiger partial charge in [0, 0.05) is 16.8 Å². The highest BCUT2D eigenvalue weighted by atomic mass is 127. The minimum atomic E-state index is 0.411. The number of ketones is 1. The second-order valence-electron chi connectivity index (χ2n) is 5.03. The molecule has 2 aliphatic carbocycles. The van der Waals surface area contributed by atoms with Crippen LogP contribution in [0.3, 0.4) is 0 Å². The molecule has 0 heterocycles. The van der Waals surface area contributed by atoms with E-state index >= 15 is 0 Å². The van der Waals surface area contributed by atoms with Gasteiger partial charge in [-0.3, -0.25) is 4.79 Å². The summed E-state index contributed by atoms with van der Waals surface area (Å²) in [4.78, 5) is 11.5. The van der Waals surface area contributed by atoms with Crippen LogP contribution in [0.1, 0.15) is 39.5 Å². The molecule has 0 aromatic carbocycles. The fourth-order valence-corrected chi connectivity index (χ4v) is 4.39. The summed E-state index contributed by atoms with van der Waals surface area (Å²) in [5.41, 5.74) is 2.72. The van der Waals surface area contributed by atoms with Gasteiger partial charge in [-0.1, -0.05) is 41.7 Å². The van der Waals surface area contributed by atoms with E-state index < -0.39 is 0 Å². The Kier molecular flexibility index (Phi) is 3.88. The van der Waals surface area contributed by atoms with Crippen LogP contribution < -0.4 is 0 Å². The normalized spacial score (nSPS) is 40.2. The van der Waals surface area contributed by atoms with E-state index in [4.69, 9.17) is 0 Å². The van der Waals surface area contributed by atoms with E-state index in [0.29, 0.717) is 18.1 Å². The van der Waals surface area contributed by atoms with E-state index in [0.717, 1.165) is 22.7 Å². The maximum Gasteiger partial charge on any atom is 0.137 e. The van der Waals surface area contributed by atoms with Crippen molar-refractivity contribution in [2.75, 3.05) is 0 Å². The summed E-state index contributed by atoms with van der Waals surface area (Å²) in [7, 11) is 0. The highest BCUT2D eigenvalue weighted by Crippen LogP contribution is 2.43. The third kappa shape index (κ3) is 2.41. The lowest BCUT2D eigenvalue weighted by atomic mass is 9.72. The van der Waals surface area contributed by atoms with Crippen LogP contribution in [0.4, 0.5) is 0 Å². The Morgan fingerprint density at radius 1 is 1.31 bits per heavy atom. The van der Waals surface area contributed by atoms with Gasteiger partial charge in [-0.15, -0.1) is 0 Å². The number of rotatable bonds is 1. The Hall–Kier alpha value is -0.120. The van der Waals surface area contributed by atoms with Crippen molar-refractivity contribution in [3.63, 3.8) is 0 Å². The Bertz CT molecular complexity index is 346. The average Bonchev–Trinajstić information content (AvgIpc) is 2.26. The van der Waals surface area contributed by atoms with E-state index in [1.54, 1.807) is 0 Å². The van der Waals surface area contributed by atoms with Crippen molar-refractivity contribution < 1.29 is 4.79 Å². The number of carbonyl (C=O) groups excluding carboxylic acids is 1. The highest BCUT2D eigenvalue weighted by molar-refractivity contribution is 14.1. The van der Waals surface area contributed by atoms with Crippen LogP contribution in [0, 0.1) is 11.8 Å². The lowest BCUT2D eigenvalue weighted by Crippen LogP contribution is -2.34. The van der Waals surface area contributed by atoms with Gasteiger partial charge in [-0.2, -0.15) is 0 Å². The molecule has 0 aliphatic heterocycles. The summed E-state index contributed by atoms with van der Waals surface area (Å²) < 4.78 is 0.773. The van der Waals surface area contributed by atoms with Crippen molar-refractivity contribution in [1.29, 1.82) is 0 Å². The smallest absolute Gasteiger partial charge is 0.137 e. The van der Waals surface area contributed by atoms with E-state index in [1.807, 2.05) is 0 Å². The number of halogens is 1. The molecule has 2 aliphatic rings. The van der Waals surface area contributed by atoms with Gasteiger partial charge in [0.15, 0.2) is 0 Å². The number of alkyl halides is 1. The zero-order chi connectivity index (χ0) is 11.7. The molecule has 2 rings (SSSR count). The predicted octanol–water partition coefficient (Wildman–Crippen LogP) is 4.07. The molecule has 3 unspecified atom stereocenters. The number of carbonyl (C=O) groups is 1. The molecule has 2 fully saturated rings. The molecule has 0 aromatic heterocycles. The summed E-state index contributed by atoms with van der Waals surface area (Å²) in [5.74, 6) is 1.90. The fraction of sp³-hybridized carbons (Fsp3) is 0.643. The van der Waals surface area contributed by atoms with Crippen LogP contribution in [-0.2, 0) is 4.79 Å². The second-order valence-corrected chi connectivity index (χ2v) is 6.63. The van der Waals surface area contributed by atoms with E-state index in [-0.39, 0.29) is 0 Å². The highest BCUT2D eigenvalue weighted by Gasteiger charge is 2.35. The van der Waals surface area contributed by atoms with Crippen LogP contribution in [0.5, 0.6) is 0 Å². The minimum Gasteiger partial charge on any atom is -0.299 e. The number of Topliss-reactive ketones (excluding diaryl/α,β-unsaturated/α-hetero) is 1. The number of hydrogen-bond acceptors (Lipinski definition) is 1. The monoisotopic (exact) mass is 330 g/mol. The first kappa shape index (κ1) is 12.3. The largest absolute Gasteiger partial charge is 0.299 e. The van der Waals surface area contributed by atoms with Crippen LogP contribution in [0.25, 0.3) is 0 Å². The van der Waals surface area contributed by atoms with Gasteiger partial charge in [0.05, 0.1) is 0 Å². The van der Waals surface area contributed by atoms with Crippen molar-refractivity contribution in [2.24, 2.45) is 11.8 Å². The van der Waals surface area contributed by atoms with Crippen LogP contribution >= 0.6 is 22.6 Å². The fourth-order valence-electron chi connectivity index (χ4n) is 2.68. The van der Waals surface area contributed by atoms with Crippen molar-refractivity contribution in [1.82, 2.24) is 0 Å². The van der Waals surface area contributed by atoms with Crippen LogP contribution in [0.15, 0.2) is 23.3 Å². The molecule has 0 spiro atoms. The van der Waals surface area contributed by atoms with E-state index in [1.165, 1.54) is 17.6 Å². The summed E-state index contributed by atoms with van der Waals surface area (Å²) in [6.45, 7) is 4.40. The molecule has 0 radical (unpaired) electrons. The average molecular weight is 330 g/mol. The molecular formula is C14H19IO. The maximum absolute atomic E-state index is 11.5. The Balaban J connectivity index is 2.16. The van der Waals surface area contributed by atoms with Crippen molar-refractivity contribution in [3.05, 3.63) is 23.3 Å². The molecule has 0 saturated heterocycles. The maximum atomic E-state index is 11.5. The molecule has 2 heteroatoms. The lowest BCUT2D eigenvalue weighted by Gasteiger charge is -2.38. The van der Waals surface area contributed by atoms with Gasteiger partial charge in [0.2, 0.25) is 0 Å². The second kappa shape index (κ2) is 5.03. The molecule has 2 saturated carbocycles. The molecule has 16 heavy (non-hydrogen) atoms. The Labute approximate surface area is 112 Å². The van der Waals surface area contributed by atoms with Crippen molar-refractivity contribution >= 4 is 28.4 Å². The Morgan fingerprint density at radius 2 is 2.06 bits per heavy atom. The lowest BCUT2D eigenvalue weighted by molar-refractivity contribution is -0.118. The van der Waals surface area contributed by atoms with Gasteiger partial charge < -0.3 is 0 Å². The third-order valence-electron chi connectivity index (χ3n) is 3.89. The third-order valence-corrected chi connectivity index (χ3v) is 5.23. The SMILES string of the molecule is C/C=C1/CCC(=O)C/C1=C/C1C(C)CC1I. The first-order chi connectivity index (χ1) is 7.61. The topological polar surface area (TPSA) is 17.1 Å². The first-order valence-corrected chi connectivity index (χ1v) is 7.38. The van der Waals surface area contributed by atoms with E-state index in [9.17, 15) is 4.79 Å². The zero-order valence-electron chi connectivity index (χ0n) is 10.0. The van der Waals surface area contributed by atoms with Gasteiger partial charge in [-0.05, 0) is 42.7 Å². The van der Waals surface area contributed by atoms with E-state index in [2.05, 4.69) is 48.6 Å². The van der Waals surface area contributed by atoms with Gasteiger partial charge in [0.25, 0.3) is 0 Å². The molecule has 0 bridgehead atoms. The zero-order valence-corrected chi connectivity index (χ0v) is 12.2.